The first kappa shape index (κ1) is 24.7. The second-order valence-electron chi connectivity index (χ2n) is 9.10. The van der Waals surface area contributed by atoms with Crippen molar-refractivity contribution in [2.75, 3.05) is 44.2 Å². The number of anilines is 1. The van der Waals surface area contributed by atoms with Crippen LogP contribution in [-0.4, -0.2) is 74.7 Å². The van der Waals surface area contributed by atoms with Crippen LogP contribution in [0.15, 0.2) is 23.1 Å². The van der Waals surface area contributed by atoms with E-state index < -0.39 is 10.0 Å². The molecule has 10 heteroatoms. The maximum absolute atomic E-state index is 13.2. The normalized spacial score (nSPS) is 19.3. The fourth-order valence-corrected chi connectivity index (χ4v) is 6.53. The van der Waals surface area contributed by atoms with Crippen molar-refractivity contribution in [3.63, 3.8) is 0 Å². The number of hydrogen-bond acceptors (Lipinski definition) is 6. The Morgan fingerprint density at radius 2 is 1.65 bits per heavy atom. The van der Waals surface area contributed by atoms with E-state index in [9.17, 15) is 22.8 Å². The van der Waals surface area contributed by atoms with Gasteiger partial charge in [0, 0.05) is 51.3 Å². The number of carbonyl (C=O) groups is 3. The molecule has 186 valence electrons. The first-order valence-corrected chi connectivity index (χ1v) is 13.6. The summed E-state index contributed by atoms with van der Waals surface area (Å²) in [6.45, 7) is 4.67. The number of benzene rings is 1. The number of fused-ring (bicyclic) bond motifs is 1. The number of rotatable bonds is 7. The molecular weight excluding hydrogens is 458 g/mol. The standard InChI is InChI=1S/C24H33N3O6S/c1-2-33-24(30)18-9-14-26(15-10-18)34(31,32)20-5-6-21-19(17-20)11-16-27(21)23(29)8-7-22(28)25-12-3-4-13-25/h5-6,17-18H,2-4,7-16H2,1H3. The molecule has 3 aliphatic rings. The highest BCUT2D eigenvalue weighted by atomic mass is 32.2. The molecule has 3 heterocycles. The van der Waals surface area contributed by atoms with E-state index in [2.05, 4.69) is 0 Å². The number of piperidine rings is 1. The molecule has 9 nitrogen and oxygen atoms in total. The van der Waals surface area contributed by atoms with Gasteiger partial charge in [0.25, 0.3) is 0 Å². The van der Waals surface area contributed by atoms with E-state index in [1.807, 2.05) is 4.90 Å². The first-order valence-electron chi connectivity index (χ1n) is 12.2. The van der Waals surface area contributed by atoms with Gasteiger partial charge in [0.05, 0.1) is 17.4 Å². The Hall–Kier alpha value is -2.46. The van der Waals surface area contributed by atoms with Gasteiger partial charge in [-0.15, -0.1) is 0 Å². The summed E-state index contributed by atoms with van der Waals surface area (Å²) in [6, 6.07) is 4.90. The summed E-state index contributed by atoms with van der Waals surface area (Å²) in [5, 5.41) is 0. The second-order valence-corrected chi connectivity index (χ2v) is 11.0. The fraction of sp³-hybridized carbons (Fsp3) is 0.625. The van der Waals surface area contributed by atoms with E-state index in [4.69, 9.17) is 4.74 Å². The van der Waals surface area contributed by atoms with Gasteiger partial charge in [-0.1, -0.05) is 0 Å². The third-order valence-corrected chi connectivity index (χ3v) is 8.87. The van der Waals surface area contributed by atoms with Crippen molar-refractivity contribution in [2.24, 2.45) is 5.92 Å². The van der Waals surface area contributed by atoms with E-state index in [1.54, 1.807) is 30.0 Å². The van der Waals surface area contributed by atoms with Crippen LogP contribution in [0.5, 0.6) is 0 Å². The molecule has 0 unspecified atom stereocenters. The van der Waals surface area contributed by atoms with Crippen LogP contribution in [0.1, 0.15) is 51.0 Å². The van der Waals surface area contributed by atoms with Crippen LogP contribution < -0.4 is 4.90 Å². The summed E-state index contributed by atoms with van der Waals surface area (Å²) in [7, 11) is -3.69. The highest BCUT2D eigenvalue weighted by molar-refractivity contribution is 7.89. The molecule has 0 atom stereocenters. The molecule has 3 aliphatic heterocycles. The van der Waals surface area contributed by atoms with Crippen LogP contribution in [0.2, 0.25) is 0 Å². The molecule has 2 amide bonds. The number of likely N-dealkylation sites (tertiary alicyclic amines) is 1. The molecule has 2 saturated heterocycles. The highest BCUT2D eigenvalue weighted by Crippen LogP contribution is 2.33. The monoisotopic (exact) mass is 491 g/mol. The minimum atomic E-state index is -3.69. The predicted molar refractivity (Wildman–Crippen MR) is 126 cm³/mol. The van der Waals surface area contributed by atoms with Gasteiger partial charge in [0.2, 0.25) is 21.8 Å². The third kappa shape index (κ3) is 5.12. The van der Waals surface area contributed by atoms with Gasteiger partial charge in [-0.2, -0.15) is 4.31 Å². The van der Waals surface area contributed by atoms with Crippen molar-refractivity contribution in [3.05, 3.63) is 23.8 Å². The predicted octanol–water partition coefficient (Wildman–Crippen LogP) is 1.94. The van der Waals surface area contributed by atoms with E-state index in [0.717, 1.165) is 37.2 Å². The van der Waals surface area contributed by atoms with Crippen LogP contribution in [-0.2, 0) is 35.6 Å². The molecule has 1 aromatic rings. The Morgan fingerprint density at radius 3 is 2.32 bits per heavy atom. The molecular formula is C24H33N3O6S. The van der Waals surface area contributed by atoms with Gasteiger partial charge in [-0.3, -0.25) is 14.4 Å². The fourth-order valence-electron chi connectivity index (χ4n) is 5.01. The van der Waals surface area contributed by atoms with Crippen molar-refractivity contribution in [1.82, 2.24) is 9.21 Å². The average molecular weight is 492 g/mol. The van der Waals surface area contributed by atoms with Crippen LogP contribution in [0.3, 0.4) is 0 Å². The van der Waals surface area contributed by atoms with E-state index in [0.29, 0.717) is 32.4 Å². The number of hydrogen-bond donors (Lipinski definition) is 0. The van der Waals surface area contributed by atoms with Crippen molar-refractivity contribution in [1.29, 1.82) is 0 Å². The molecule has 2 fully saturated rings. The largest absolute Gasteiger partial charge is 0.466 e. The second kappa shape index (κ2) is 10.4. The van der Waals surface area contributed by atoms with E-state index >= 15 is 0 Å². The van der Waals surface area contributed by atoms with Gasteiger partial charge >= 0.3 is 5.97 Å². The van der Waals surface area contributed by atoms with Crippen molar-refractivity contribution < 1.29 is 27.5 Å². The number of ether oxygens (including phenoxy) is 1. The Kier molecular flexibility index (Phi) is 7.57. The van der Waals surface area contributed by atoms with Crippen molar-refractivity contribution in [3.8, 4) is 0 Å². The van der Waals surface area contributed by atoms with Crippen LogP contribution in [0.4, 0.5) is 5.69 Å². The summed E-state index contributed by atoms with van der Waals surface area (Å²) in [5.41, 5.74) is 1.54. The van der Waals surface area contributed by atoms with E-state index in [1.165, 1.54) is 4.31 Å². The Balaban J connectivity index is 1.37. The van der Waals surface area contributed by atoms with Crippen LogP contribution in [0, 0.1) is 5.92 Å². The SMILES string of the molecule is CCOC(=O)C1CCN(S(=O)(=O)c2ccc3c(c2)CCN3C(=O)CCC(=O)N2CCCC2)CC1. The lowest BCUT2D eigenvalue weighted by Crippen LogP contribution is -2.40. The zero-order valence-corrected chi connectivity index (χ0v) is 20.5. The van der Waals surface area contributed by atoms with Gasteiger partial charge in [0.1, 0.15) is 0 Å². The number of sulfonamides is 1. The smallest absolute Gasteiger partial charge is 0.309 e. The summed E-state index contributed by atoms with van der Waals surface area (Å²) in [4.78, 5) is 40.7. The lowest BCUT2D eigenvalue weighted by molar-refractivity contribution is -0.149. The minimum Gasteiger partial charge on any atom is -0.466 e. The molecule has 4 rings (SSSR count). The Morgan fingerprint density at radius 1 is 0.971 bits per heavy atom. The van der Waals surface area contributed by atoms with Crippen LogP contribution in [0.25, 0.3) is 0 Å². The van der Waals surface area contributed by atoms with E-state index in [-0.39, 0.29) is 54.5 Å². The Bertz CT molecular complexity index is 1040. The molecule has 1 aromatic carbocycles. The van der Waals surface area contributed by atoms with Gasteiger partial charge in [-0.05, 0) is 62.8 Å². The number of nitrogens with zero attached hydrogens (tertiary/aromatic N) is 3. The molecule has 0 aliphatic carbocycles. The average Bonchev–Trinajstić information content (AvgIpc) is 3.52. The van der Waals surface area contributed by atoms with Gasteiger partial charge in [-0.25, -0.2) is 8.42 Å². The molecule has 0 N–H and O–H groups in total. The molecule has 34 heavy (non-hydrogen) atoms. The number of carbonyl (C=O) groups excluding carboxylic acids is 3. The number of esters is 1. The summed E-state index contributed by atoms with van der Waals surface area (Å²) >= 11 is 0. The Labute approximate surface area is 201 Å². The van der Waals surface area contributed by atoms with Crippen LogP contribution >= 0.6 is 0 Å². The van der Waals surface area contributed by atoms with Gasteiger partial charge < -0.3 is 14.5 Å². The lowest BCUT2D eigenvalue weighted by Gasteiger charge is -2.30. The maximum atomic E-state index is 13.2. The molecule has 0 spiro atoms. The zero-order chi connectivity index (χ0) is 24.3. The summed E-state index contributed by atoms with van der Waals surface area (Å²) < 4.78 is 32.9. The quantitative estimate of drug-likeness (QED) is 0.540. The molecule has 0 bridgehead atoms. The zero-order valence-electron chi connectivity index (χ0n) is 19.7. The lowest BCUT2D eigenvalue weighted by atomic mass is 9.98. The first-order chi connectivity index (χ1) is 16.3. The molecule has 0 saturated carbocycles. The topological polar surface area (TPSA) is 104 Å². The number of amides is 2. The molecule has 0 radical (unpaired) electrons. The van der Waals surface area contributed by atoms with Crippen molar-refractivity contribution in [2.45, 2.75) is 56.8 Å². The third-order valence-electron chi connectivity index (χ3n) is 6.97. The maximum Gasteiger partial charge on any atom is 0.309 e. The molecule has 0 aromatic heterocycles. The highest BCUT2D eigenvalue weighted by Gasteiger charge is 2.34. The summed E-state index contributed by atoms with van der Waals surface area (Å²) in [6.07, 6.45) is 3.88. The van der Waals surface area contributed by atoms with Gasteiger partial charge in [0.15, 0.2) is 0 Å². The van der Waals surface area contributed by atoms with Crippen molar-refractivity contribution >= 4 is 33.5 Å². The summed E-state index contributed by atoms with van der Waals surface area (Å²) in [5.74, 6) is -0.603. The minimum absolute atomic E-state index is 0.0263.